The highest BCUT2D eigenvalue weighted by Crippen LogP contribution is 2.38. The molecule has 0 amide bonds. The molecule has 0 aliphatic heterocycles. The van der Waals surface area contributed by atoms with E-state index < -0.39 is 0 Å². The van der Waals surface area contributed by atoms with Gasteiger partial charge in [-0.2, -0.15) is 0 Å². The predicted molar refractivity (Wildman–Crippen MR) is 103 cm³/mol. The molecule has 4 rings (SSSR count). The van der Waals surface area contributed by atoms with Crippen molar-refractivity contribution in [2.75, 3.05) is 5.32 Å². The van der Waals surface area contributed by atoms with Crippen LogP contribution >= 0.6 is 11.3 Å². The Bertz CT molecular complexity index is 764. The lowest BCUT2D eigenvalue weighted by Crippen LogP contribution is -2.10. The standard InChI is InChI=1S/C21H26N2S/c1-14(22-20-23-18-8-5-9-19(18)24-20)10-11-15-6-4-7-16-12-21(2,3)13-17(15)16/h4,6-7H,1,5,8-13H2,2-3H3,(H,22,23). The predicted octanol–water partition coefficient (Wildman–Crippen LogP) is 5.32. The van der Waals surface area contributed by atoms with Crippen LogP contribution in [0.25, 0.3) is 0 Å². The largest absolute Gasteiger partial charge is 0.336 e. The summed E-state index contributed by atoms with van der Waals surface area (Å²) in [5, 5.41) is 4.47. The van der Waals surface area contributed by atoms with E-state index in [1.54, 1.807) is 11.1 Å². The molecule has 0 saturated carbocycles. The first-order chi connectivity index (χ1) is 11.5. The van der Waals surface area contributed by atoms with Crippen LogP contribution in [0.2, 0.25) is 0 Å². The number of benzene rings is 1. The molecule has 2 aliphatic rings. The molecule has 0 atom stereocenters. The molecule has 1 aromatic heterocycles. The second-order valence-corrected chi connectivity index (χ2v) is 9.13. The van der Waals surface area contributed by atoms with Crippen molar-refractivity contribution in [1.82, 2.24) is 4.98 Å². The Labute approximate surface area is 149 Å². The lowest BCUT2D eigenvalue weighted by Gasteiger charge is -2.15. The molecule has 3 heteroatoms. The van der Waals surface area contributed by atoms with Crippen molar-refractivity contribution in [2.45, 2.75) is 58.8 Å². The number of fused-ring (bicyclic) bond motifs is 2. The second kappa shape index (κ2) is 6.03. The maximum atomic E-state index is 4.71. The number of aryl methyl sites for hydroxylation is 3. The number of rotatable bonds is 5. The first kappa shape index (κ1) is 15.9. The molecule has 0 fully saturated rings. The Kier molecular flexibility index (Phi) is 4.00. The summed E-state index contributed by atoms with van der Waals surface area (Å²) >= 11 is 1.81. The molecule has 0 bridgehead atoms. The second-order valence-electron chi connectivity index (χ2n) is 8.04. The highest BCUT2D eigenvalue weighted by Gasteiger charge is 2.29. The summed E-state index contributed by atoms with van der Waals surface area (Å²) in [5.41, 5.74) is 7.43. The number of hydrogen-bond donors (Lipinski definition) is 1. The number of thiazole rings is 1. The third-order valence-corrected chi connectivity index (χ3v) is 6.34. The van der Waals surface area contributed by atoms with E-state index in [4.69, 9.17) is 4.98 Å². The third-order valence-electron chi connectivity index (χ3n) is 5.27. The molecule has 1 N–H and O–H groups in total. The zero-order valence-electron chi connectivity index (χ0n) is 14.7. The number of aromatic nitrogens is 1. The normalized spacial score (nSPS) is 17.6. The van der Waals surface area contributed by atoms with Crippen LogP contribution in [0.1, 0.15) is 54.0 Å². The van der Waals surface area contributed by atoms with Gasteiger partial charge >= 0.3 is 0 Å². The quantitative estimate of drug-likeness (QED) is 0.798. The van der Waals surface area contributed by atoms with Crippen LogP contribution in [0.5, 0.6) is 0 Å². The Morgan fingerprint density at radius 3 is 3.00 bits per heavy atom. The molecule has 126 valence electrons. The molecule has 24 heavy (non-hydrogen) atoms. The minimum atomic E-state index is 0.412. The summed E-state index contributed by atoms with van der Waals surface area (Å²) in [4.78, 5) is 6.18. The zero-order chi connectivity index (χ0) is 16.7. The summed E-state index contributed by atoms with van der Waals surface area (Å²) in [5.74, 6) is 0. The fourth-order valence-electron chi connectivity index (χ4n) is 4.11. The summed E-state index contributed by atoms with van der Waals surface area (Å²) in [6.07, 6.45) is 8.07. The third kappa shape index (κ3) is 3.14. The number of hydrogen-bond acceptors (Lipinski definition) is 3. The van der Waals surface area contributed by atoms with E-state index in [2.05, 4.69) is 43.9 Å². The lowest BCUT2D eigenvalue weighted by atomic mass is 9.89. The highest BCUT2D eigenvalue weighted by atomic mass is 32.1. The zero-order valence-corrected chi connectivity index (χ0v) is 15.6. The van der Waals surface area contributed by atoms with Crippen LogP contribution in [0, 0.1) is 5.41 Å². The Morgan fingerprint density at radius 2 is 2.17 bits per heavy atom. The van der Waals surface area contributed by atoms with E-state index in [0.717, 1.165) is 30.1 Å². The van der Waals surface area contributed by atoms with Gasteiger partial charge in [-0.15, -0.1) is 11.3 Å². The molecule has 2 aliphatic carbocycles. The van der Waals surface area contributed by atoms with Gasteiger partial charge in [-0.05, 0) is 67.1 Å². The Hall–Kier alpha value is -1.61. The van der Waals surface area contributed by atoms with Gasteiger partial charge in [0.15, 0.2) is 5.13 Å². The van der Waals surface area contributed by atoms with Crippen molar-refractivity contribution in [3.05, 3.63) is 57.7 Å². The van der Waals surface area contributed by atoms with Crippen LogP contribution in [-0.2, 0) is 32.1 Å². The van der Waals surface area contributed by atoms with Crippen molar-refractivity contribution < 1.29 is 0 Å². The first-order valence-corrected chi connectivity index (χ1v) is 9.85. The first-order valence-electron chi connectivity index (χ1n) is 9.03. The van der Waals surface area contributed by atoms with Crippen LogP contribution in [0.4, 0.5) is 5.13 Å². The Morgan fingerprint density at radius 1 is 1.29 bits per heavy atom. The number of allylic oxidation sites excluding steroid dienone is 1. The molecule has 0 radical (unpaired) electrons. The van der Waals surface area contributed by atoms with Crippen molar-refractivity contribution in [3.8, 4) is 0 Å². The van der Waals surface area contributed by atoms with Gasteiger partial charge in [-0.3, -0.25) is 0 Å². The minimum Gasteiger partial charge on any atom is -0.336 e. The summed E-state index contributed by atoms with van der Waals surface area (Å²) in [7, 11) is 0. The number of nitrogens with zero attached hydrogens (tertiary/aromatic N) is 1. The van der Waals surface area contributed by atoms with Gasteiger partial charge in [0.05, 0.1) is 5.69 Å². The van der Waals surface area contributed by atoms with Crippen LogP contribution in [0.15, 0.2) is 30.5 Å². The maximum absolute atomic E-state index is 4.71. The molecular weight excluding hydrogens is 312 g/mol. The average Bonchev–Trinajstić information content (AvgIpc) is 3.16. The molecule has 1 heterocycles. The smallest absolute Gasteiger partial charge is 0.187 e. The molecule has 2 nitrogen and oxygen atoms in total. The van der Waals surface area contributed by atoms with Gasteiger partial charge in [0.1, 0.15) is 0 Å². The highest BCUT2D eigenvalue weighted by molar-refractivity contribution is 7.15. The van der Waals surface area contributed by atoms with Gasteiger partial charge < -0.3 is 5.32 Å². The summed E-state index contributed by atoms with van der Waals surface area (Å²) < 4.78 is 0. The molecule has 0 unspecified atom stereocenters. The minimum absolute atomic E-state index is 0.412. The van der Waals surface area contributed by atoms with E-state index in [-0.39, 0.29) is 0 Å². The van der Waals surface area contributed by atoms with Crippen LogP contribution in [0.3, 0.4) is 0 Å². The molecular formula is C21H26N2S. The van der Waals surface area contributed by atoms with E-state index >= 15 is 0 Å². The molecule has 0 spiro atoms. The molecule has 0 saturated heterocycles. The van der Waals surface area contributed by atoms with Crippen molar-refractivity contribution in [3.63, 3.8) is 0 Å². The van der Waals surface area contributed by atoms with Crippen LogP contribution in [-0.4, -0.2) is 4.98 Å². The lowest BCUT2D eigenvalue weighted by molar-refractivity contribution is 0.392. The van der Waals surface area contributed by atoms with Crippen molar-refractivity contribution >= 4 is 16.5 Å². The summed E-state index contributed by atoms with van der Waals surface area (Å²) in [6, 6.07) is 6.82. The van der Waals surface area contributed by atoms with E-state index in [9.17, 15) is 0 Å². The van der Waals surface area contributed by atoms with Gasteiger partial charge in [-0.1, -0.05) is 38.6 Å². The van der Waals surface area contributed by atoms with Gasteiger partial charge in [0.25, 0.3) is 0 Å². The van der Waals surface area contributed by atoms with Gasteiger partial charge in [0, 0.05) is 10.6 Å². The number of nitrogens with one attached hydrogen (secondary N) is 1. The van der Waals surface area contributed by atoms with Gasteiger partial charge in [0.2, 0.25) is 0 Å². The fraction of sp³-hybridized carbons (Fsp3) is 0.476. The Balaban J connectivity index is 1.39. The fourth-order valence-corrected chi connectivity index (χ4v) is 5.21. The SMILES string of the molecule is C=C(CCc1cccc2c1CC(C)(C)C2)Nc1nc2c(s1)CCC2. The number of anilines is 1. The molecule has 1 aromatic carbocycles. The topological polar surface area (TPSA) is 24.9 Å². The van der Waals surface area contributed by atoms with E-state index in [0.29, 0.717) is 5.41 Å². The van der Waals surface area contributed by atoms with Gasteiger partial charge in [-0.25, -0.2) is 4.98 Å². The monoisotopic (exact) mass is 338 g/mol. The van der Waals surface area contributed by atoms with Crippen LogP contribution < -0.4 is 5.32 Å². The average molecular weight is 339 g/mol. The van der Waals surface area contributed by atoms with E-state index in [1.807, 2.05) is 11.3 Å². The van der Waals surface area contributed by atoms with E-state index in [1.165, 1.54) is 41.8 Å². The van der Waals surface area contributed by atoms with Crippen molar-refractivity contribution in [2.24, 2.45) is 5.41 Å². The van der Waals surface area contributed by atoms with Crippen molar-refractivity contribution in [1.29, 1.82) is 0 Å². The molecule has 2 aromatic rings. The summed E-state index contributed by atoms with van der Waals surface area (Å²) in [6.45, 7) is 8.97. The maximum Gasteiger partial charge on any atom is 0.187 e.